The molecule has 4 rings (SSSR count). The van der Waals surface area contributed by atoms with Crippen LogP contribution in [0.2, 0.25) is 0 Å². The lowest BCUT2D eigenvalue weighted by Crippen LogP contribution is -2.32. The molecule has 0 spiro atoms. The van der Waals surface area contributed by atoms with Crippen LogP contribution in [0, 0.1) is 12.7 Å². The molecule has 1 aliphatic carbocycles. The number of hydrogen-bond acceptors (Lipinski definition) is 1. The summed E-state index contributed by atoms with van der Waals surface area (Å²) in [7, 11) is 2.00. The maximum atomic E-state index is 13.5. The third-order valence-corrected chi connectivity index (χ3v) is 5.02. The van der Waals surface area contributed by atoms with Gasteiger partial charge in [-0.25, -0.2) is 8.96 Å². The molecule has 0 saturated heterocycles. The van der Waals surface area contributed by atoms with E-state index in [4.69, 9.17) is 4.98 Å². The van der Waals surface area contributed by atoms with Gasteiger partial charge in [-0.3, -0.25) is 0 Å². The minimum absolute atomic E-state index is 0.192. The van der Waals surface area contributed by atoms with Crippen molar-refractivity contribution in [3.05, 3.63) is 59.7 Å². The van der Waals surface area contributed by atoms with Crippen LogP contribution in [0.4, 0.5) is 4.39 Å². The molecule has 2 nitrogen and oxygen atoms in total. The van der Waals surface area contributed by atoms with Crippen molar-refractivity contribution in [1.82, 2.24) is 4.98 Å². The van der Waals surface area contributed by atoms with E-state index in [0.29, 0.717) is 5.92 Å². The largest absolute Gasteiger partial charge is 0.287 e. The number of hydrogen-bond donors (Lipinski definition) is 0. The Morgan fingerprint density at radius 2 is 2.00 bits per heavy atom. The second kappa shape index (κ2) is 5.41. The first-order valence-corrected chi connectivity index (χ1v) is 8.19. The molecule has 116 valence electrons. The number of benzene rings is 2. The van der Waals surface area contributed by atoms with E-state index in [9.17, 15) is 4.39 Å². The molecule has 1 fully saturated rings. The summed E-state index contributed by atoms with van der Waals surface area (Å²) in [5.41, 5.74) is 5.56. The second-order valence-electron chi connectivity index (χ2n) is 6.53. The summed E-state index contributed by atoms with van der Waals surface area (Å²) in [5, 5.41) is 1.15. The third kappa shape index (κ3) is 2.31. The van der Waals surface area contributed by atoms with Crippen LogP contribution in [0.15, 0.2) is 42.7 Å². The highest BCUT2D eigenvalue weighted by atomic mass is 19.1. The Hall–Kier alpha value is -2.29. The zero-order chi connectivity index (χ0) is 16.0. The predicted molar refractivity (Wildman–Crippen MR) is 89.6 cm³/mol. The molecule has 1 heterocycles. The highest BCUT2D eigenvalue weighted by Gasteiger charge is 2.26. The molecule has 1 saturated carbocycles. The van der Waals surface area contributed by atoms with Gasteiger partial charge in [0.1, 0.15) is 11.5 Å². The van der Waals surface area contributed by atoms with Crippen LogP contribution in [0.5, 0.6) is 0 Å². The van der Waals surface area contributed by atoms with E-state index >= 15 is 0 Å². The van der Waals surface area contributed by atoms with Gasteiger partial charge in [0.25, 0.3) is 6.33 Å². The normalized spacial score (nSPS) is 14.9. The quantitative estimate of drug-likeness (QED) is 0.640. The molecule has 3 aromatic rings. The molecule has 1 aliphatic rings. The summed E-state index contributed by atoms with van der Waals surface area (Å²) in [6.45, 7) is 1.96. The van der Waals surface area contributed by atoms with Crippen LogP contribution in [0.25, 0.3) is 22.2 Å². The van der Waals surface area contributed by atoms with Gasteiger partial charge < -0.3 is 0 Å². The van der Waals surface area contributed by atoms with Crippen LogP contribution in [-0.2, 0) is 7.05 Å². The van der Waals surface area contributed by atoms with Crippen molar-refractivity contribution in [2.75, 3.05) is 0 Å². The number of fused-ring (bicyclic) bond motifs is 1. The van der Waals surface area contributed by atoms with Crippen molar-refractivity contribution in [2.45, 2.75) is 32.1 Å². The van der Waals surface area contributed by atoms with Crippen molar-refractivity contribution in [3.63, 3.8) is 0 Å². The lowest BCUT2D eigenvalue weighted by atomic mass is 9.79. The summed E-state index contributed by atoms with van der Waals surface area (Å²) in [6.07, 6.45) is 5.70. The highest BCUT2D eigenvalue weighted by molar-refractivity contribution is 5.93. The molecule has 0 radical (unpaired) electrons. The molecular weight excluding hydrogens is 287 g/mol. The van der Waals surface area contributed by atoms with Gasteiger partial charge in [-0.15, -0.1) is 0 Å². The maximum absolute atomic E-state index is 13.5. The number of para-hydroxylation sites is 1. The van der Waals surface area contributed by atoms with Crippen LogP contribution in [-0.4, -0.2) is 4.98 Å². The van der Waals surface area contributed by atoms with Gasteiger partial charge in [-0.2, -0.15) is 0 Å². The van der Waals surface area contributed by atoms with Crippen molar-refractivity contribution in [3.8, 4) is 11.3 Å². The Kier molecular flexibility index (Phi) is 3.37. The maximum Gasteiger partial charge on any atom is 0.287 e. The first kappa shape index (κ1) is 14.3. The topological polar surface area (TPSA) is 16.8 Å². The Bertz CT molecular complexity index is 898. The SMILES string of the molecule is Cc1cc(F)ccc1-c1c2cccc(C3CCC3)c2nc[n+]1C. The molecule has 1 aromatic heterocycles. The second-order valence-corrected chi connectivity index (χ2v) is 6.53. The molecule has 0 aliphatic heterocycles. The summed E-state index contributed by atoms with van der Waals surface area (Å²) in [4.78, 5) is 4.71. The Morgan fingerprint density at radius 1 is 1.17 bits per heavy atom. The number of halogens is 1. The standard InChI is InChI=1S/C20H20FN2/c1-13-11-15(21)9-10-16(13)20-18-8-4-7-17(14-5-3-6-14)19(18)22-12-23(20)2/h4,7-12,14H,3,5-6H2,1-2H3/q+1. The molecule has 0 bridgehead atoms. The van der Waals surface area contributed by atoms with Crippen LogP contribution < -0.4 is 4.57 Å². The fourth-order valence-corrected chi connectivity index (χ4v) is 3.57. The van der Waals surface area contributed by atoms with Crippen LogP contribution in [0.3, 0.4) is 0 Å². The number of aromatic nitrogens is 2. The van der Waals surface area contributed by atoms with E-state index in [1.165, 1.54) is 30.9 Å². The Labute approximate surface area is 135 Å². The minimum atomic E-state index is -0.192. The van der Waals surface area contributed by atoms with Crippen molar-refractivity contribution in [2.24, 2.45) is 7.05 Å². The fraction of sp³-hybridized carbons (Fsp3) is 0.300. The van der Waals surface area contributed by atoms with Crippen molar-refractivity contribution in [1.29, 1.82) is 0 Å². The van der Waals surface area contributed by atoms with Gasteiger partial charge in [-0.1, -0.05) is 18.6 Å². The van der Waals surface area contributed by atoms with E-state index in [2.05, 4.69) is 18.2 Å². The zero-order valence-electron chi connectivity index (χ0n) is 13.5. The fourth-order valence-electron chi connectivity index (χ4n) is 3.57. The molecule has 0 atom stereocenters. The summed E-state index contributed by atoms with van der Waals surface area (Å²) >= 11 is 0. The Morgan fingerprint density at radius 3 is 2.70 bits per heavy atom. The van der Waals surface area contributed by atoms with Gasteiger partial charge in [-0.05, 0) is 60.5 Å². The zero-order valence-corrected chi connectivity index (χ0v) is 13.5. The minimum Gasteiger partial charge on any atom is -0.232 e. The predicted octanol–water partition coefficient (Wildman–Crippen LogP) is 4.44. The molecule has 3 heteroatoms. The molecular formula is C20H20FN2+. The molecule has 2 aromatic carbocycles. The number of nitrogens with zero attached hydrogens (tertiary/aromatic N) is 2. The van der Waals surface area contributed by atoms with Gasteiger partial charge in [0.05, 0.1) is 12.4 Å². The summed E-state index contributed by atoms with van der Waals surface area (Å²) in [5.74, 6) is 0.448. The average molecular weight is 307 g/mol. The number of rotatable bonds is 2. The third-order valence-electron chi connectivity index (χ3n) is 5.02. The van der Waals surface area contributed by atoms with E-state index < -0.39 is 0 Å². The lowest BCUT2D eigenvalue weighted by Gasteiger charge is -2.25. The highest BCUT2D eigenvalue weighted by Crippen LogP contribution is 2.40. The van der Waals surface area contributed by atoms with Gasteiger partial charge in [0.2, 0.25) is 0 Å². The van der Waals surface area contributed by atoms with E-state index in [1.54, 1.807) is 6.07 Å². The van der Waals surface area contributed by atoms with Gasteiger partial charge in [0.15, 0.2) is 5.52 Å². The van der Waals surface area contributed by atoms with Gasteiger partial charge in [0, 0.05) is 11.1 Å². The summed E-state index contributed by atoms with van der Waals surface area (Å²) in [6, 6.07) is 11.5. The first-order chi connectivity index (χ1) is 11.1. The molecule has 0 amide bonds. The lowest BCUT2D eigenvalue weighted by molar-refractivity contribution is -0.662. The van der Waals surface area contributed by atoms with Crippen LogP contribution >= 0.6 is 0 Å². The van der Waals surface area contributed by atoms with Crippen molar-refractivity contribution >= 4 is 10.9 Å². The molecule has 23 heavy (non-hydrogen) atoms. The monoisotopic (exact) mass is 307 g/mol. The Balaban J connectivity index is 2.00. The molecule has 0 N–H and O–H groups in total. The van der Waals surface area contributed by atoms with Crippen LogP contribution in [0.1, 0.15) is 36.3 Å². The van der Waals surface area contributed by atoms with E-state index in [1.807, 2.05) is 30.9 Å². The smallest absolute Gasteiger partial charge is 0.232 e. The first-order valence-electron chi connectivity index (χ1n) is 8.19. The molecule has 0 unspecified atom stereocenters. The summed E-state index contributed by atoms with van der Waals surface area (Å²) < 4.78 is 15.5. The van der Waals surface area contributed by atoms with Gasteiger partial charge >= 0.3 is 0 Å². The average Bonchev–Trinajstić information content (AvgIpc) is 2.47. The van der Waals surface area contributed by atoms with E-state index in [0.717, 1.165) is 27.7 Å². The van der Waals surface area contributed by atoms with E-state index in [-0.39, 0.29) is 5.82 Å². The number of aryl methyl sites for hydroxylation is 2. The van der Waals surface area contributed by atoms with Crippen molar-refractivity contribution < 1.29 is 8.96 Å².